The molecule has 1 saturated carbocycles. The van der Waals surface area contributed by atoms with E-state index in [1.54, 1.807) is 11.8 Å². The number of hydrogen-bond acceptors (Lipinski definition) is 5. The number of carbonyl (C=O) groups is 1. The van der Waals surface area contributed by atoms with Gasteiger partial charge in [0.1, 0.15) is 18.1 Å². The van der Waals surface area contributed by atoms with Crippen molar-refractivity contribution in [3.8, 4) is 11.5 Å². The highest BCUT2D eigenvalue weighted by atomic mass is 16.5. The van der Waals surface area contributed by atoms with Crippen molar-refractivity contribution in [2.45, 2.75) is 25.3 Å². The lowest BCUT2D eigenvalue weighted by Crippen LogP contribution is -2.13. The van der Waals surface area contributed by atoms with Gasteiger partial charge in [-0.2, -0.15) is 0 Å². The van der Waals surface area contributed by atoms with Gasteiger partial charge < -0.3 is 14.6 Å². The van der Waals surface area contributed by atoms with Crippen LogP contribution in [0.15, 0.2) is 24.3 Å². The number of aromatic nitrogens is 3. The average molecular weight is 303 g/mol. The summed E-state index contributed by atoms with van der Waals surface area (Å²) in [5.41, 5.74) is 0.776. The molecule has 0 spiro atoms. The molecule has 0 unspecified atom stereocenters. The van der Waals surface area contributed by atoms with Gasteiger partial charge in [0.2, 0.25) is 0 Å². The number of nitrogens with zero attached hydrogens (tertiary/aromatic N) is 3. The van der Waals surface area contributed by atoms with Crippen molar-refractivity contribution in [2.24, 2.45) is 0 Å². The van der Waals surface area contributed by atoms with Crippen LogP contribution in [0.3, 0.4) is 0 Å². The lowest BCUT2D eigenvalue weighted by atomic mass is 10.2. The van der Waals surface area contributed by atoms with Crippen LogP contribution >= 0.6 is 0 Å². The molecule has 22 heavy (non-hydrogen) atoms. The number of carboxylic acid groups (broad SMARTS) is 1. The molecule has 1 heterocycles. The Bertz CT molecular complexity index is 662. The molecule has 1 aliphatic carbocycles. The molecular formula is C15H17N3O4. The number of methoxy groups -OCH3 is 1. The van der Waals surface area contributed by atoms with Gasteiger partial charge in [0.25, 0.3) is 0 Å². The van der Waals surface area contributed by atoms with Crippen LogP contribution in [0.2, 0.25) is 0 Å². The third kappa shape index (κ3) is 3.03. The van der Waals surface area contributed by atoms with E-state index in [1.807, 2.05) is 24.3 Å². The van der Waals surface area contributed by atoms with E-state index in [4.69, 9.17) is 14.6 Å². The topological polar surface area (TPSA) is 86.5 Å². The fourth-order valence-corrected chi connectivity index (χ4v) is 2.32. The van der Waals surface area contributed by atoms with E-state index in [9.17, 15) is 4.79 Å². The molecule has 0 saturated heterocycles. The molecule has 0 bridgehead atoms. The number of carboxylic acids is 1. The predicted molar refractivity (Wildman–Crippen MR) is 77.4 cm³/mol. The van der Waals surface area contributed by atoms with E-state index >= 15 is 0 Å². The van der Waals surface area contributed by atoms with Gasteiger partial charge in [-0.15, -0.1) is 5.10 Å². The Morgan fingerprint density at radius 2 is 2.00 bits per heavy atom. The van der Waals surface area contributed by atoms with E-state index in [2.05, 4.69) is 10.3 Å². The summed E-state index contributed by atoms with van der Waals surface area (Å²) in [4.78, 5) is 11.2. The summed E-state index contributed by atoms with van der Waals surface area (Å²) in [5, 5.41) is 16.9. The van der Waals surface area contributed by atoms with Gasteiger partial charge in [-0.25, -0.2) is 9.48 Å². The minimum atomic E-state index is -1.02. The minimum absolute atomic E-state index is 0.0620. The molecule has 0 radical (unpaired) electrons. The molecule has 116 valence electrons. The van der Waals surface area contributed by atoms with Gasteiger partial charge in [0.15, 0.2) is 5.69 Å². The van der Waals surface area contributed by atoms with Crippen LogP contribution in [0, 0.1) is 0 Å². The van der Waals surface area contributed by atoms with Crippen molar-refractivity contribution in [3.63, 3.8) is 0 Å². The molecule has 7 heteroatoms. The zero-order valence-electron chi connectivity index (χ0n) is 12.2. The Kier molecular flexibility index (Phi) is 3.95. The van der Waals surface area contributed by atoms with Gasteiger partial charge in [-0.05, 0) is 37.1 Å². The van der Waals surface area contributed by atoms with Gasteiger partial charge >= 0.3 is 5.97 Å². The highest BCUT2D eigenvalue weighted by Crippen LogP contribution is 2.41. The first-order valence-electron chi connectivity index (χ1n) is 7.12. The zero-order chi connectivity index (χ0) is 15.5. The quantitative estimate of drug-likeness (QED) is 0.841. The van der Waals surface area contributed by atoms with Gasteiger partial charge in [0.05, 0.1) is 19.3 Å². The molecule has 2 aromatic rings. The molecule has 1 fully saturated rings. The zero-order valence-corrected chi connectivity index (χ0v) is 12.2. The summed E-state index contributed by atoms with van der Waals surface area (Å²) in [6.45, 7) is 0.868. The van der Waals surface area contributed by atoms with Crippen LogP contribution in [0.25, 0.3) is 0 Å². The Balaban J connectivity index is 1.62. The Morgan fingerprint density at radius 3 is 2.59 bits per heavy atom. The third-order valence-corrected chi connectivity index (χ3v) is 3.57. The second kappa shape index (κ2) is 6.05. The number of rotatable bonds is 7. The van der Waals surface area contributed by atoms with Crippen LogP contribution in [0.5, 0.6) is 11.5 Å². The Morgan fingerprint density at radius 1 is 1.32 bits per heavy atom. The highest BCUT2D eigenvalue weighted by Gasteiger charge is 2.33. The molecular weight excluding hydrogens is 286 g/mol. The molecule has 0 atom stereocenters. The lowest BCUT2D eigenvalue weighted by Gasteiger charge is -2.09. The maximum atomic E-state index is 11.2. The smallest absolute Gasteiger partial charge is 0.358 e. The average Bonchev–Trinajstić information content (AvgIpc) is 3.28. The maximum absolute atomic E-state index is 11.2. The normalized spacial score (nSPS) is 13.9. The fraction of sp³-hybridized carbons (Fsp3) is 0.400. The van der Waals surface area contributed by atoms with Crippen molar-refractivity contribution >= 4 is 5.97 Å². The first-order chi connectivity index (χ1) is 10.7. The van der Waals surface area contributed by atoms with Crippen molar-refractivity contribution in [1.29, 1.82) is 0 Å². The summed E-state index contributed by atoms with van der Waals surface area (Å²) in [5.74, 6) is 0.740. The summed E-state index contributed by atoms with van der Waals surface area (Å²) in [6, 6.07) is 7.29. The van der Waals surface area contributed by atoms with Crippen LogP contribution < -0.4 is 9.47 Å². The van der Waals surface area contributed by atoms with E-state index in [-0.39, 0.29) is 11.6 Å². The van der Waals surface area contributed by atoms with E-state index in [1.165, 1.54) is 0 Å². The molecule has 3 rings (SSSR count). The van der Waals surface area contributed by atoms with E-state index in [0.717, 1.165) is 24.3 Å². The highest BCUT2D eigenvalue weighted by molar-refractivity contribution is 5.86. The van der Waals surface area contributed by atoms with Gasteiger partial charge in [-0.1, -0.05) is 5.21 Å². The number of benzene rings is 1. The molecule has 0 aliphatic heterocycles. The Hall–Kier alpha value is -2.57. The second-order valence-electron chi connectivity index (χ2n) is 5.15. The molecule has 1 aliphatic rings. The first kappa shape index (κ1) is 14.4. The largest absolute Gasteiger partial charge is 0.497 e. The van der Waals surface area contributed by atoms with Crippen LogP contribution in [-0.2, 0) is 6.54 Å². The van der Waals surface area contributed by atoms with Gasteiger partial charge in [-0.3, -0.25) is 0 Å². The second-order valence-corrected chi connectivity index (χ2v) is 5.15. The van der Waals surface area contributed by atoms with Crippen molar-refractivity contribution in [2.75, 3.05) is 13.7 Å². The maximum Gasteiger partial charge on any atom is 0.358 e. The fourth-order valence-electron chi connectivity index (χ4n) is 2.32. The number of hydrogen-bond donors (Lipinski definition) is 1. The molecule has 1 N–H and O–H groups in total. The lowest BCUT2D eigenvalue weighted by molar-refractivity contribution is 0.0689. The summed E-state index contributed by atoms with van der Waals surface area (Å²) in [7, 11) is 1.61. The van der Waals surface area contributed by atoms with Crippen molar-refractivity contribution in [1.82, 2.24) is 15.0 Å². The van der Waals surface area contributed by atoms with Gasteiger partial charge in [0, 0.05) is 5.92 Å². The third-order valence-electron chi connectivity index (χ3n) is 3.57. The van der Waals surface area contributed by atoms with Crippen LogP contribution in [0.4, 0.5) is 0 Å². The van der Waals surface area contributed by atoms with Crippen LogP contribution in [-0.4, -0.2) is 39.8 Å². The first-order valence-corrected chi connectivity index (χ1v) is 7.12. The molecule has 0 amide bonds. The summed E-state index contributed by atoms with van der Waals surface area (Å²) in [6.07, 6.45) is 1.99. The number of ether oxygens (including phenoxy) is 2. The predicted octanol–water partition coefficient (Wildman–Crippen LogP) is 1.94. The van der Waals surface area contributed by atoms with E-state index < -0.39 is 5.97 Å². The monoisotopic (exact) mass is 303 g/mol. The van der Waals surface area contributed by atoms with Crippen LogP contribution in [0.1, 0.15) is 34.9 Å². The van der Waals surface area contributed by atoms with Crippen molar-refractivity contribution in [3.05, 3.63) is 35.7 Å². The molecule has 1 aromatic carbocycles. The van der Waals surface area contributed by atoms with E-state index in [0.29, 0.717) is 18.8 Å². The molecule has 1 aromatic heterocycles. The standard InChI is InChI=1S/C15H17N3O4/c1-21-11-4-6-12(7-5-11)22-9-8-18-14(10-2-3-10)13(15(19)20)16-17-18/h4-7,10H,2-3,8-9H2,1H3,(H,19,20). The Labute approximate surface area is 127 Å². The minimum Gasteiger partial charge on any atom is -0.497 e. The molecule has 7 nitrogen and oxygen atoms in total. The SMILES string of the molecule is COc1ccc(OCCn2nnc(C(=O)O)c2C2CC2)cc1. The summed E-state index contributed by atoms with van der Waals surface area (Å²) >= 11 is 0. The number of aromatic carboxylic acids is 1. The van der Waals surface area contributed by atoms with Crippen molar-refractivity contribution < 1.29 is 19.4 Å². The summed E-state index contributed by atoms with van der Waals surface area (Å²) < 4.78 is 12.4.